The van der Waals surface area contributed by atoms with E-state index >= 15 is 0 Å². The normalized spacial score (nSPS) is 13.8. The predicted molar refractivity (Wildman–Crippen MR) is 126 cm³/mol. The predicted octanol–water partition coefficient (Wildman–Crippen LogP) is 6.21. The summed E-state index contributed by atoms with van der Waals surface area (Å²) < 4.78 is 0. The van der Waals surface area contributed by atoms with Crippen LogP contribution in [0.5, 0.6) is 0 Å². The Labute approximate surface area is 182 Å². The van der Waals surface area contributed by atoms with Gasteiger partial charge in [-0.05, 0) is 30.2 Å². The van der Waals surface area contributed by atoms with Crippen molar-refractivity contribution in [2.45, 2.75) is 67.3 Å². The topological polar surface area (TPSA) is 37.4 Å². The van der Waals surface area contributed by atoms with E-state index < -0.39 is 0 Å². The summed E-state index contributed by atoms with van der Waals surface area (Å²) in [5.41, 5.74) is 3.63. The molecular formula is C27H35NO2. The van der Waals surface area contributed by atoms with E-state index in [9.17, 15) is 9.59 Å². The quantitative estimate of drug-likeness (QED) is 0.559. The van der Waals surface area contributed by atoms with Gasteiger partial charge in [-0.2, -0.15) is 0 Å². The molecule has 2 aliphatic rings. The molecule has 0 saturated heterocycles. The average Bonchev–Trinajstić information content (AvgIpc) is 3.01. The van der Waals surface area contributed by atoms with E-state index in [1.165, 1.54) is 0 Å². The van der Waals surface area contributed by atoms with Crippen molar-refractivity contribution < 1.29 is 9.59 Å². The van der Waals surface area contributed by atoms with E-state index in [0.29, 0.717) is 6.54 Å². The van der Waals surface area contributed by atoms with Crippen LogP contribution in [0.3, 0.4) is 0 Å². The van der Waals surface area contributed by atoms with Crippen molar-refractivity contribution in [2.24, 2.45) is 5.92 Å². The molecule has 160 valence electrons. The minimum atomic E-state index is -0.0442. The molecule has 1 aromatic carbocycles. The van der Waals surface area contributed by atoms with Crippen molar-refractivity contribution in [1.82, 2.24) is 4.90 Å². The number of carbonyl (C=O) groups excluding carboxylic acids is 2. The van der Waals surface area contributed by atoms with Crippen molar-refractivity contribution in [2.75, 3.05) is 0 Å². The van der Waals surface area contributed by atoms with E-state index in [-0.39, 0.29) is 30.4 Å². The smallest absolute Gasteiger partial charge is 0.227 e. The van der Waals surface area contributed by atoms with Crippen molar-refractivity contribution in [3.8, 4) is 11.8 Å². The number of allylic oxidation sites excluding steroid dienone is 5. The van der Waals surface area contributed by atoms with E-state index in [4.69, 9.17) is 0 Å². The van der Waals surface area contributed by atoms with Crippen LogP contribution in [0.25, 0.3) is 0 Å². The molecule has 1 aliphatic heterocycles. The Morgan fingerprint density at radius 1 is 0.967 bits per heavy atom. The second kappa shape index (κ2) is 13.4. The van der Waals surface area contributed by atoms with Gasteiger partial charge in [-0.15, -0.1) is 0 Å². The number of amides is 1. The van der Waals surface area contributed by atoms with Gasteiger partial charge in [-0.3, -0.25) is 9.59 Å². The number of hydrogen-bond acceptors (Lipinski definition) is 2. The Hall–Kier alpha value is -2.86. The maximum absolute atomic E-state index is 13.0. The summed E-state index contributed by atoms with van der Waals surface area (Å²) in [4.78, 5) is 26.7. The van der Waals surface area contributed by atoms with E-state index in [2.05, 4.69) is 11.8 Å². The molecule has 30 heavy (non-hydrogen) atoms. The van der Waals surface area contributed by atoms with Gasteiger partial charge in [0.15, 0.2) is 0 Å². The molecule has 1 aromatic rings. The minimum Gasteiger partial charge on any atom is -0.307 e. The second-order valence-electron chi connectivity index (χ2n) is 6.85. The fraction of sp³-hybridized carbons (Fsp3) is 0.407. The van der Waals surface area contributed by atoms with Crippen LogP contribution < -0.4 is 0 Å². The number of fused-ring (bicyclic) bond motifs is 1. The molecule has 3 nitrogen and oxygen atoms in total. The first-order chi connectivity index (χ1) is 14.6. The number of hydrogen-bond donors (Lipinski definition) is 0. The van der Waals surface area contributed by atoms with Crippen molar-refractivity contribution in [1.29, 1.82) is 0 Å². The van der Waals surface area contributed by atoms with Crippen molar-refractivity contribution in [3.05, 3.63) is 71.0 Å². The molecule has 0 saturated carbocycles. The Balaban J connectivity index is 0.00000106. The van der Waals surface area contributed by atoms with Crippen LogP contribution in [0.1, 0.15) is 71.9 Å². The summed E-state index contributed by atoms with van der Waals surface area (Å²) in [6.07, 6.45) is 9.36. The Morgan fingerprint density at radius 3 is 2.33 bits per heavy atom. The van der Waals surface area contributed by atoms with Crippen LogP contribution in [0.15, 0.2) is 59.8 Å². The van der Waals surface area contributed by atoms with Gasteiger partial charge in [0.05, 0.1) is 12.2 Å². The van der Waals surface area contributed by atoms with Gasteiger partial charge in [0.1, 0.15) is 5.78 Å². The van der Waals surface area contributed by atoms with Gasteiger partial charge in [-0.1, -0.05) is 83.7 Å². The number of nitrogens with zero attached hydrogens (tertiary/aromatic N) is 1. The standard InChI is InChI=1S/C23H23NO2.2C2H6/c1-17(2)22(25)14-15-23(26)24-16-20-10-7-6-8-18(20)12-13-19-9-4-3-5-11-21(19)24;2*1-2/h4-11,17H,3,14-16H2,1-2H3;2*1-2H3. The van der Waals surface area contributed by atoms with Crippen LogP contribution in [0.4, 0.5) is 0 Å². The number of benzene rings is 1. The summed E-state index contributed by atoms with van der Waals surface area (Å²) >= 11 is 0. The zero-order valence-electron chi connectivity index (χ0n) is 19.3. The van der Waals surface area contributed by atoms with Gasteiger partial charge < -0.3 is 4.90 Å². The highest BCUT2D eigenvalue weighted by Gasteiger charge is 2.23. The summed E-state index contributed by atoms with van der Waals surface area (Å²) in [5, 5.41) is 0. The SMILES string of the molecule is CC.CC.CC(C)C(=O)CCC(=O)N1Cc2ccccc2C#CC2=C1C=CCC=C2. The Morgan fingerprint density at radius 2 is 1.63 bits per heavy atom. The van der Waals surface area contributed by atoms with E-state index in [0.717, 1.165) is 28.8 Å². The highest BCUT2D eigenvalue weighted by atomic mass is 16.2. The Kier molecular flexibility index (Phi) is 11.2. The average molecular weight is 406 g/mol. The molecule has 1 aliphatic carbocycles. The minimum absolute atomic E-state index is 0.0371. The highest BCUT2D eigenvalue weighted by molar-refractivity contribution is 5.87. The lowest BCUT2D eigenvalue weighted by Crippen LogP contribution is -2.31. The zero-order valence-corrected chi connectivity index (χ0v) is 19.3. The summed E-state index contributed by atoms with van der Waals surface area (Å²) in [6, 6.07) is 7.91. The molecule has 0 unspecified atom stereocenters. The first kappa shape index (κ1) is 25.2. The van der Waals surface area contributed by atoms with E-state index in [1.807, 2.05) is 90.1 Å². The van der Waals surface area contributed by atoms with Crippen LogP contribution in [0.2, 0.25) is 0 Å². The third kappa shape index (κ3) is 6.88. The number of Topliss-reactive ketones (excluding diaryl/α,β-unsaturated/α-hetero) is 1. The molecule has 0 spiro atoms. The van der Waals surface area contributed by atoms with Gasteiger partial charge in [0.25, 0.3) is 0 Å². The largest absolute Gasteiger partial charge is 0.307 e. The van der Waals surface area contributed by atoms with Gasteiger partial charge in [0, 0.05) is 29.9 Å². The summed E-state index contributed by atoms with van der Waals surface area (Å²) in [5.74, 6) is 6.49. The molecule has 0 atom stereocenters. The molecular weight excluding hydrogens is 370 g/mol. The molecule has 3 heteroatoms. The fourth-order valence-corrected chi connectivity index (χ4v) is 3.01. The molecule has 0 radical (unpaired) electrons. The number of ketones is 1. The lowest BCUT2D eigenvalue weighted by atomic mass is 10.0. The lowest BCUT2D eigenvalue weighted by molar-refractivity contribution is -0.132. The summed E-state index contributed by atoms with van der Waals surface area (Å²) in [6.45, 7) is 12.2. The zero-order chi connectivity index (χ0) is 22.5. The molecule has 3 rings (SSSR count). The summed E-state index contributed by atoms with van der Waals surface area (Å²) in [7, 11) is 0. The van der Waals surface area contributed by atoms with Gasteiger partial charge in [-0.25, -0.2) is 0 Å². The first-order valence-corrected chi connectivity index (χ1v) is 11.1. The second-order valence-corrected chi connectivity index (χ2v) is 6.85. The highest BCUT2D eigenvalue weighted by Crippen LogP contribution is 2.24. The third-order valence-electron chi connectivity index (χ3n) is 4.61. The van der Waals surface area contributed by atoms with Crippen LogP contribution in [-0.2, 0) is 16.1 Å². The molecule has 1 amide bonds. The maximum atomic E-state index is 13.0. The lowest BCUT2D eigenvalue weighted by Gasteiger charge is -2.26. The third-order valence-corrected chi connectivity index (χ3v) is 4.61. The molecule has 0 aromatic heterocycles. The number of rotatable bonds is 4. The van der Waals surface area contributed by atoms with Crippen molar-refractivity contribution >= 4 is 11.7 Å². The monoisotopic (exact) mass is 405 g/mol. The molecule has 0 N–H and O–H groups in total. The van der Waals surface area contributed by atoms with Crippen molar-refractivity contribution in [3.63, 3.8) is 0 Å². The van der Waals surface area contributed by atoms with Crippen LogP contribution in [0, 0.1) is 17.8 Å². The molecule has 0 fully saturated rings. The van der Waals surface area contributed by atoms with E-state index in [1.54, 1.807) is 4.90 Å². The molecule has 1 heterocycles. The number of carbonyl (C=O) groups is 2. The van der Waals surface area contributed by atoms with Gasteiger partial charge >= 0.3 is 0 Å². The molecule has 0 bridgehead atoms. The Bertz CT molecular complexity index is 876. The fourth-order valence-electron chi connectivity index (χ4n) is 3.01. The van der Waals surface area contributed by atoms with Crippen LogP contribution >= 0.6 is 0 Å². The first-order valence-electron chi connectivity index (χ1n) is 11.1. The van der Waals surface area contributed by atoms with Crippen LogP contribution in [-0.4, -0.2) is 16.6 Å². The van der Waals surface area contributed by atoms with Gasteiger partial charge in [0.2, 0.25) is 5.91 Å². The maximum Gasteiger partial charge on any atom is 0.227 e.